The van der Waals surface area contributed by atoms with E-state index in [9.17, 15) is 14.0 Å². The minimum Gasteiger partial charge on any atom is -0.462 e. The summed E-state index contributed by atoms with van der Waals surface area (Å²) in [6.07, 6.45) is 4.37. The molecule has 0 amide bonds. The molecule has 1 aromatic carbocycles. The van der Waals surface area contributed by atoms with Crippen LogP contribution in [-0.4, -0.2) is 24.1 Å². The Kier molecular flexibility index (Phi) is 5.31. The fraction of sp³-hybridized carbons (Fsp3) is 0.412. The lowest BCUT2D eigenvalue weighted by atomic mass is 9.94. The predicted octanol–water partition coefficient (Wildman–Crippen LogP) is 2.81. The van der Waals surface area contributed by atoms with Crippen LogP contribution in [0.25, 0.3) is 0 Å². The summed E-state index contributed by atoms with van der Waals surface area (Å²) in [6.45, 7) is 3.72. The van der Waals surface area contributed by atoms with Gasteiger partial charge < -0.3 is 9.47 Å². The molecule has 2 heterocycles. The van der Waals surface area contributed by atoms with Gasteiger partial charge in [-0.2, -0.15) is 0 Å². The molecule has 0 unspecified atom stereocenters. The average Bonchev–Trinajstić information content (AvgIpc) is 2.98. The second-order valence-electron chi connectivity index (χ2n) is 5.49. The summed E-state index contributed by atoms with van der Waals surface area (Å²) in [6, 6.07) is 6.39. The molecule has 0 N–H and O–H groups in total. The van der Waals surface area contributed by atoms with Crippen LogP contribution in [0.15, 0.2) is 36.4 Å². The van der Waals surface area contributed by atoms with E-state index in [0.717, 1.165) is 12.0 Å². The molecule has 0 spiro atoms. The fourth-order valence-corrected chi connectivity index (χ4v) is 2.37. The first-order valence-corrected chi connectivity index (χ1v) is 7.27. The van der Waals surface area contributed by atoms with Crippen LogP contribution in [0, 0.1) is 11.7 Å². The van der Waals surface area contributed by atoms with Crippen molar-refractivity contribution < 1.29 is 23.5 Å². The first-order valence-electron chi connectivity index (χ1n) is 7.27. The fourth-order valence-electron chi connectivity index (χ4n) is 2.37. The van der Waals surface area contributed by atoms with E-state index < -0.39 is 0 Å². The summed E-state index contributed by atoms with van der Waals surface area (Å²) in [5.41, 5.74) is 1.05. The molecular formula is C17H19FO4. The van der Waals surface area contributed by atoms with Gasteiger partial charge in [0, 0.05) is 12.0 Å². The van der Waals surface area contributed by atoms with Gasteiger partial charge in [0.15, 0.2) is 0 Å². The largest absolute Gasteiger partial charge is 0.462 e. The quantitative estimate of drug-likeness (QED) is 0.788. The van der Waals surface area contributed by atoms with Gasteiger partial charge in [0.2, 0.25) is 0 Å². The van der Waals surface area contributed by atoms with Crippen LogP contribution >= 0.6 is 0 Å². The summed E-state index contributed by atoms with van der Waals surface area (Å²) < 4.78 is 22.3. The molecule has 0 saturated carbocycles. The van der Waals surface area contributed by atoms with E-state index in [2.05, 4.69) is 4.74 Å². The first kappa shape index (κ1) is 16.2. The highest BCUT2D eigenvalue weighted by molar-refractivity contribution is 5.84. The number of esters is 2. The molecule has 3 rings (SSSR count). The Labute approximate surface area is 128 Å². The van der Waals surface area contributed by atoms with E-state index in [1.807, 2.05) is 13.8 Å². The number of carbonyl (C=O) groups excluding carboxylic acids is 2. The lowest BCUT2D eigenvalue weighted by Gasteiger charge is -2.12. The summed E-state index contributed by atoms with van der Waals surface area (Å²) in [4.78, 5) is 21.2. The van der Waals surface area contributed by atoms with Gasteiger partial charge in [-0.3, -0.25) is 4.79 Å². The van der Waals surface area contributed by atoms with Gasteiger partial charge in [0.05, 0.1) is 6.42 Å². The van der Waals surface area contributed by atoms with E-state index in [1.54, 1.807) is 18.2 Å². The van der Waals surface area contributed by atoms with Crippen LogP contribution < -0.4 is 0 Å². The maximum absolute atomic E-state index is 12.7. The molecular weight excluding hydrogens is 287 g/mol. The third-order valence-electron chi connectivity index (χ3n) is 3.63. The Hall–Kier alpha value is -2.17. The molecule has 1 fully saturated rings. The highest BCUT2D eigenvalue weighted by Crippen LogP contribution is 2.25. The normalized spacial score (nSPS) is 26.2. The van der Waals surface area contributed by atoms with Gasteiger partial charge in [-0.15, -0.1) is 0 Å². The average molecular weight is 306 g/mol. The Morgan fingerprint density at radius 3 is 2.23 bits per heavy atom. The van der Waals surface area contributed by atoms with Gasteiger partial charge in [-0.25, -0.2) is 9.18 Å². The molecule has 3 atom stereocenters. The first-order chi connectivity index (χ1) is 10.4. The zero-order valence-corrected chi connectivity index (χ0v) is 12.6. The molecule has 0 radical (unpaired) electrons. The van der Waals surface area contributed by atoms with Crippen molar-refractivity contribution in [2.45, 2.75) is 38.9 Å². The van der Waals surface area contributed by atoms with E-state index in [1.165, 1.54) is 18.2 Å². The number of hydrogen-bond acceptors (Lipinski definition) is 4. The van der Waals surface area contributed by atoms with Crippen LogP contribution in [0.3, 0.4) is 0 Å². The molecule has 1 aromatic rings. The lowest BCUT2D eigenvalue weighted by Crippen LogP contribution is -2.13. The summed E-state index contributed by atoms with van der Waals surface area (Å²) in [5.74, 6) is -0.365. The molecule has 1 saturated heterocycles. The van der Waals surface area contributed by atoms with E-state index >= 15 is 0 Å². The van der Waals surface area contributed by atoms with Crippen LogP contribution in [0.2, 0.25) is 0 Å². The van der Waals surface area contributed by atoms with E-state index in [-0.39, 0.29) is 35.9 Å². The van der Waals surface area contributed by atoms with Gasteiger partial charge in [0.25, 0.3) is 0 Å². The van der Waals surface area contributed by atoms with Crippen molar-refractivity contribution >= 4 is 11.9 Å². The summed E-state index contributed by atoms with van der Waals surface area (Å²) >= 11 is 0. The molecule has 0 aromatic heterocycles. The van der Waals surface area contributed by atoms with Crippen LogP contribution in [-0.2, 0) is 25.5 Å². The highest BCUT2D eigenvalue weighted by Gasteiger charge is 2.31. The summed E-state index contributed by atoms with van der Waals surface area (Å²) in [7, 11) is 0. The third kappa shape index (κ3) is 4.69. The van der Waals surface area contributed by atoms with Crippen LogP contribution in [0.5, 0.6) is 0 Å². The molecule has 22 heavy (non-hydrogen) atoms. The predicted molar refractivity (Wildman–Crippen MR) is 78.5 cm³/mol. The monoisotopic (exact) mass is 306 g/mol. The topological polar surface area (TPSA) is 52.6 Å². The van der Waals surface area contributed by atoms with Crippen molar-refractivity contribution in [3.05, 3.63) is 47.8 Å². The molecule has 2 aliphatic rings. The Bertz CT molecular complexity index is 565. The number of cyclic esters (lactones) is 2. The van der Waals surface area contributed by atoms with Crippen molar-refractivity contribution in [3.8, 4) is 0 Å². The third-order valence-corrected chi connectivity index (χ3v) is 3.63. The molecule has 2 aliphatic heterocycles. The number of rotatable bonds is 2. The molecule has 118 valence electrons. The zero-order chi connectivity index (χ0) is 16.1. The van der Waals surface area contributed by atoms with Gasteiger partial charge in [-0.1, -0.05) is 12.1 Å². The van der Waals surface area contributed by atoms with Crippen molar-refractivity contribution in [2.24, 2.45) is 5.92 Å². The second-order valence-corrected chi connectivity index (χ2v) is 5.49. The molecule has 0 aliphatic carbocycles. The molecule has 5 heteroatoms. The SMILES string of the molecule is C[C@@H]1OC(=O)C[C@H]1Cc1ccc(F)cc1.C[C@H]1C=CC(=O)O1. The number of ether oxygens (including phenoxy) is 2. The van der Waals surface area contributed by atoms with E-state index in [4.69, 9.17) is 4.74 Å². The van der Waals surface area contributed by atoms with Crippen LogP contribution in [0.4, 0.5) is 4.39 Å². The molecule has 0 bridgehead atoms. The van der Waals surface area contributed by atoms with Gasteiger partial charge >= 0.3 is 11.9 Å². The lowest BCUT2D eigenvalue weighted by molar-refractivity contribution is -0.141. The second kappa shape index (κ2) is 7.20. The summed E-state index contributed by atoms with van der Waals surface area (Å²) in [5, 5.41) is 0. The number of hydrogen-bond donors (Lipinski definition) is 0. The Morgan fingerprint density at radius 1 is 1.14 bits per heavy atom. The molecule has 4 nitrogen and oxygen atoms in total. The Morgan fingerprint density at radius 2 is 1.82 bits per heavy atom. The van der Waals surface area contributed by atoms with Crippen molar-refractivity contribution in [1.82, 2.24) is 0 Å². The standard InChI is InChI=1S/C12H13FO2.C5H6O2/c1-8-10(7-12(14)15-8)6-9-2-4-11(13)5-3-9;1-4-2-3-5(6)7-4/h2-5,8,10H,6-7H2,1H3;2-4H,1H3/t8-,10+;4-/m00/s1. The minimum absolute atomic E-state index is 0.00694. The maximum Gasteiger partial charge on any atom is 0.331 e. The van der Waals surface area contributed by atoms with Gasteiger partial charge in [0.1, 0.15) is 18.0 Å². The smallest absolute Gasteiger partial charge is 0.331 e. The van der Waals surface area contributed by atoms with Crippen molar-refractivity contribution in [2.75, 3.05) is 0 Å². The van der Waals surface area contributed by atoms with Crippen LogP contribution in [0.1, 0.15) is 25.8 Å². The number of carbonyl (C=O) groups is 2. The highest BCUT2D eigenvalue weighted by atomic mass is 19.1. The van der Waals surface area contributed by atoms with Gasteiger partial charge in [-0.05, 0) is 44.0 Å². The zero-order valence-electron chi connectivity index (χ0n) is 12.6. The minimum atomic E-state index is -0.231. The van der Waals surface area contributed by atoms with E-state index in [0.29, 0.717) is 6.42 Å². The maximum atomic E-state index is 12.7. The van der Waals surface area contributed by atoms with Crippen molar-refractivity contribution in [3.63, 3.8) is 0 Å². The van der Waals surface area contributed by atoms with Crippen molar-refractivity contribution in [1.29, 1.82) is 0 Å². The Balaban J connectivity index is 0.000000211. The number of benzene rings is 1. The number of halogens is 1.